The molecule has 0 amide bonds. The van der Waals surface area contributed by atoms with Crippen LogP contribution in [0.3, 0.4) is 0 Å². The average Bonchev–Trinajstić information content (AvgIpc) is 2.33. The summed E-state index contributed by atoms with van der Waals surface area (Å²) in [5, 5.41) is 0. The fraction of sp³-hybridized carbons (Fsp3) is 0.333. The molecule has 0 aliphatic heterocycles. The molecule has 0 radical (unpaired) electrons. The second kappa shape index (κ2) is 6.18. The molecule has 0 bridgehead atoms. The molecular formula is C12H12F3NO2. The van der Waals surface area contributed by atoms with Gasteiger partial charge >= 0.3 is 12.1 Å². The summed E-state index contributed by atoms with van der Waals surface area (Å²) in [6, 6.07) is 7.47. The van der Waals surface area contributed by atoms with Crippen molar-refractivity contribution >= 4 is 12.2 Å². The predicted octanol–water partition coefficient (Wildman–Crippen LogP) is 2.40. The summed E-state index contributed by atoms with van der Waals surface area (Å²) in [7, 11) is 1.11. The van der Waals surface area contributed by atoms with Gasteiger partial charge in [0.2, 0.25) is 0 Å². The van der Waals surface area contributed by atoms with Crippen LogP contribution in [-0.2, 0) is 16.0 Å². The van der Waals surface area contributed by atoms with Gasteiger partial charge in [-0.25, -0.2) is 4.79 Å². The number of hydrogen-bond acceptors (Lipinski definition) is 3. The van der Waals surface area contributed by atoms with Gasteiger partial charge in [-0.05, 0) is 5.56 Å². The van der Waals surface area contributed by atoms with Crippen LogP contribution in [0.5, 0.6) is 0 Å². The van der Waals surface area contributed by atoms with Gasteiger partial charge in [-0.1, -0.05) is 30.3 Å². The summed E-state index contributed by atoms with van der Waals surface area (Å²) in [6.45, 7) is 0. The molecule has 98 valence electrons. The van der Waals surface area contributed by atoms with Gasteiger partial charge in [0, 0.05) is 6.42 Å². The molecule has 1 rings (SSSR count). The molecule has 0 N–H and O–H groups in total. The minimum absolute atomic E-state index is 0.0695. The molecule has 1 aromatic carbocycles. The highest BCUT2D eigenvalue weighted by Gasteiger charge is 2.26. The van der Waals surface area contributed by atoms with Crippen LogP contribution in [0.25, 0.3) is 0 Å². The highest BCUT2D eigenvalue weighted by atomic mass is 19.4. The van der Waals surface area contributed by atoms with Crippen LogP contribution in [-0.4, -0.2) is 31.5 Å². The van der Waals surface area contributed by atoms with Gasteiger partial charge < -0.3 is 4.74 Å². The SMILES string of the molecule is COC(=O)[C@H](Cc1ccccc1)N=CC(F)(F)F. The van der Waals surface area contributed by atoms with Crippen LogP contribution in [0, 0.1) is 0 Å². The summed E-state index contributed by atoms with van der Waals surface area (Å²) in [4.78, 5) is 14.6. The quantitative estimate of drug-likeness (QED) is 0.615. The number of hydrogen-bond donors (Lipinski definition) is 0. The van der Waals surface area contributed by atoms with Crippen LogP contribution < -0.4 is 0 Å². The molecule has 0 fully saturated rings. The summed E-state index contributed by atoms with van der Waals surface area (Å²) in [5.41, 5.74) is 0.715. The van der Waals surface area contributed by atoms with E-state index in [1.807, 2.05) is 0 Å². The molecule has 18 heavy (non-hydrogen) atoms. The molecule has 0 aliphatic rings. The molecule has 0 heterocycles. The maximum atomic E-state index is 12.0. The van der Waals surface area contributed by atoms with E-state index < -0.39 is 18.2 Å². The van der Waals surface area contributed by atoms with E-state index in [-0.39, 0.29) is 12.6 Å². The highest BCUT2D eigenvalue weighted by Crippen LogP contribution is 2.13. The lowest BCUT2D eigenvalue weighted by atomic mass is 10.1. The molecule has 0 aliphatic carbocycles. The Kier molecular flexibility index (Phi) is 4.88. The molecule has 1 atom stereocenters. The topological polar surface area (TPSA) is 38.7 Å². The van der Waals surface area contributed by atoms with Gasteiger partial charge in [-0.2, -0.15) is 13.2 Å². The standard InChI is InChI=1S/C12H12F3NO2/c1-18-11(17)10(16-8-12(13,14)15)7-9-5-3-2-4-6-9/h2-6,8,10H,7H2,1H3/t10-/m0/s1. The largest absolute Gasteiger partial charge is 0.467 e. The molecule has 0 spiro atoms. The van der Waals surface area contributed by atoms with Crippen molar-refractivity contribution in [3.8, 4) is 0 Å². The lowest BCUT2D eigenvalue weighted by Crippen LogP contribution is -2.24. The van der Waals surface area contributed by atoms with Gasteiger partial charge in [0.05, 0.1) is 7.11 Å². The summed E-state index contributed by atoms with van der Waals surface area (Å²) in [6.07, 6.45) is -4.65. The van der Waals surface area contributed by atoms with Crippen LogP contribution >= 0.6 is 0 Å². The molecule has 0 saturated carbocycles. The lowest BCUT2D eigenvalue weighted by molar-refractivity contribution is -0.142. The average molecular weight is 259 g/mol. The number of alkyl halides is 3. The molecule has 0 unspecified atom stereocenters. The number of rotatable bonds is 4. The first-order chi connectivity index (χ1) is 8.42. The van der Waals surface area contributed by atoms with E-state index in [4.69, 9.17) is 0 Å². The van der Waals surface area contributed by atoms with Crippen molar-refractivity contribution in [1.29, 1.82) is 0 Å². The van der Waals surface area contributed by atoms with Gasteiger partial charge in [0.1, 0.15) is 6.21 Å². The third-order valence-corrected chi connectivity index (χ3v) is 2.15. The number of ether oxygens (including phenoxy) is 1. The normalized spacial score (nSPS) is 13.6. The maximum Gasteiger partial charge on any atom is 0.426 e. The van der Waals surface area contributed by atoms with E-state index in [2.05, 4.69) is 9.73 Å². The molecule has 3 nitrogen and oxygen atoms in total. The van der Waals surface area contributed by atoms with Crippen LogP contribution in [0.1, 0.15) is 5.56 Å². The Morgan fingerprint density at radius 1 is 1.39 bits per heavy atom. The second-order valence-corrected chi connectivity index (χ2v) is 3.55. The zero-order valence-corrected chi connectivity index (χ0v) is 9.65. The smallest absolute Gasteiger partial charge is 0.426 e. The Morgan fingerprint density at radius 3 is 2.50 bits per heavy atom. The number of halogens is 3. The van der Waals surface area contributed by atoms with Gasteiger partial charge in [0.15, 0.2) is 6.04 Å². The van der Waals surface area contributed by atoms with E-state index in [1.54, 1.807) is 30.3 Å². The van der Waals surface area contributed by atoms with Crippen LogP contribution in [0.2, 0.25) is 0 Å². The fourth-order valence-corrected chi connectivity index (χ4v) is 1.34. The van der Waals surface area contributed by atoms with Crippen molar-refractivity contribution in [2.45, 2.75) is 18.6 Å². The minimum atomic E-state index is -4.54. The predicted molar refractivity (Wildman–Crippen MR) is 60.5 cm³/mol. The van der Waals surface area contributed by atoms with Crippen molar-refractivity contribution in [1.82, 2.24) is 0 Å². The summed E-state index contributed by atoms with van der Waals surface area (Å²) >= 11 is 0. The first-order valence-corrected chi connectivity index (χ1v) is 5.15. The first kappa shape index (κ1) is 14.2. The van der Waals surface area contributed by atoms with Crippen molar-refractivity contribution in [3.05, 3.63) is 35.9 Å². The molecule has 1 aromatic rings. The number of carbonyl (C=O) groups is 1. The third kappa shape index (κ3) is 4.99. The molecule has 0 aromatic heterocycles. The van der Waals surface area contributed by atoms with E-state index in [9.17, 15) is 18.0 Å². The highest BCUT2D eigenvalue weighted by molar-refractivity contribution is 5.79. The van der Waals surface area contributed by atoms with E-state index in [1.165, 1.54) is 0 Å². The third-order valence-electron chi connectivity index (χ3n) is 2.15. The fourth-order valence-electron chi connectivity index (χ4n) is 1.34. The summed E-state index contributed by atoms with van der Waals surface area (Å²) < 4.78 is 40.5. The minimum Gasteiger partial charge on any atom is -0.467 e. The Bertz CT molecular complexity index is 415. The Labute approximate surface area is 102 Å². The molecular weight excluding hydrogens is 247 g/mol. The monoisotopic (exact) mass is 259 g/mol. The van der Waals surface area contributed by atoms with Gasteiger partial charge in [-0.3, -0.25) is 4.99 Å². The molecule has 0 saturated heterocycles. The van der Waals surface area contributed by atoms with Crippen LogP contribution in [0.4, 0.5) is 13.2 Å². The van der Waals surface area contributed by atoms with E-state index >= 15 is 0 Å². The number of esters is 1. The Morgan fingerprint density at radius 2 is 2.00 bits per heavy atom. The zero-order valence-electron chi connectivity index (χ0n) is 9.65. The lowest BCUT2D eigenvalue weighted by Gasteiger charge is -2.10. The second-order valence-electron chi connectivity index (χ2n) is 3.55. The van der Waals surface area contributed by atoms with E-state index in [0.29, 0.717) is 5.56 Å². The number of nitrogens with zero attached hydrogens (tertiary/aromatic N) is 1. The first-order valence-electron chi connectivity index (χ1n) is 5.15. The van der Waals surface area contributed by atoms with Crippen molar-refractivity contribution < 1.29 is 22.7 Å². The molecule has 6 heteroatoms. The van der Waals surface area contributed by atoms with Crippen molar-refractivity contribution in [3.63, 3.8) is 0 Å². The Hall–Kier alpha value is -1.85. The zero-order chi connectivity index (χ0) is 13.6. The van der Waals surface area contributed by atoms with Gasteiger partial charge in [0.25, 0.3) is 0 Å². The van der Waals surface area contributed by atoms with Crippen LogP contribution in [0.15, 0.2) is 35.3 Å². The number of aliphatic imine (C=N–C) groups is 1. The Balaban J connectivity index is 2.80. The number of carbonyl (C=O) groups excluding carboxylic acids is 1. The summed E-state index contributed by atoms with van der Waals surface area (Å²) in [5.74, 6) is -0.792. The number of methoxy groups -OCH3 is 1. The maximum absolute atomic E-state index is 12.0. The van der Waals surface area contributed by atoms with Gasteiger partial charge in [-0.15, -0.1) is 0 Å². The van der Waals surface area contributed by atoms with E-state index in [0.717, 1.165) is 7.11 Å². The van der Waals surface area contributed by atoms with Crippen molar-refractivity contribution in [2.24, 2.45) is 4.99 Å². The van der Waals surface area contributed by atoms with Crippen molar-refractivity contribution in [2.75, 3.05) is 7.11 Å². The number of benzene rings is 1.